The van der Waals surface area contributed by atoms with Crippen LogP contribution in [0.25, 0.3) is 0 Å². The van der Waals surface area contributed by atoms with Gasteiger partial charge in [-0.3, -0.25) is 14.4 Å². The van der Waals surface area contributed by atoms with Crippen molar-refractivity contribution in [3.8, 4) is 0 Å². The number of anilines is 1. The number of hydrogen-bond donors (Lipinski definition) is 2. The summed E-state index contributed by atoms with van der Waals surface area (Å²) in [6.45, 7) is -0.161. The summed E-state index contributed by atoms with van der Waals surface area (Å²) in [5, 5.41) is 8.92. The summed E-state index contributed by atoms with van der Waals surface area (Å²) in [5.74, 6) is -0.847. The highest BCUT2D eigenvalue weighted by Gasteiger charge is 2.16. The number of hydrogen-bond acceptors (Lipinski definition) is 4. The third-order valence-corrected chi connectivity index (χ3v) is 2.97. The normalized spacial score (nSPS) is 10.1. The third-order valence-electron chi connectivity index (χ3n) is 2.73. The molecule has 2 rings (SSSR count). The maximum atomic E-state index is 12.0. The van der Waals surface area contributed by atoms with Crippen LogP contribution in [-0.4, -0.2) is 40.5 Å². The van der Waals surface area contributed by atoms with Crippen molar-refractivity contribution in [3.05, 3.63) is 57.5 Å². The lowest BCUT2D eigenvalue weighted by Gasteiger charge is -2.16. The highest BCUT2D eigenvalue weighted by Crippen LogP contribution is 2.14. The zero-order chi connectivity index (χ0) is 16.1. The maximum absolute atomic E-state index is 12.0. The van der Waals surface area contributed by atoms with Gasteiger partial charge in [0.05, 0.1) is 6.54 Å². The predicted octanol–water partition coefficient (Wildman–Crippen LogP) is 1.13. The Balaban J connectivity index is 1.97. The second-order valence-corrected chi connectivity index (χ2v) is 4.96. The molecule has 0 fully saturated rings. The first-order valence-electron chi connectivity index (χ1n) is 6.32. The molecule has 2 amide bonds. The molecular weight excluding hydrogens is 308 g/mol. The van der Waals surface area contributed by atoms with E-state index in [0.717, 1.165) is 0 Å². The molecule has 0 radical (unpaired) electrons. The molecule has 0 saturated carbocycles. The lowest BCUT2D eigenvalue weighted by molar-refractivity contribution is -0.116. The molecule has 1 heterocycles. The molecule has 0 atom stereocenters. The molecule has 0 aliphatic carbocycles. The van der Waals surface area contributed by atoms with E-state index in [1.807, 2.05) is 0 Å². The van der Waals surface area contributed by atoms with Crippen LogP contribution in [0.2, 0.25) is 5.02 Å². The average Bonchev–Trinajstić information content (AvgIpc) is 2.47. The molecule has 0 bridgehead atoms. The average molecular weight is 321 g/mol. The molecule has 22 heavy (non-hydrogen) atoms. The summed E-state index contributed by atoms with van der Waals surface area (Å²) in [4.78, 5) is 36.0. The Morgan fingerprint density at radius 1 is 1.32 bits per heavy atom. The first kappa shape index (κ1) is 15.7. The van der Waals surface area contributed by atoms with Gasteiger partial charge in [0.1, 0.15) is 5.69 Å². The minimum absolute atomic E-state index is 0.0534. The number of benzene rings is 1. The van der Waals surface area contributed by atoms with Gasteiger partial charge in [0.25, 0.3) is 11.5 Å². The molecule has 114 valence electrons. The smallest absolute Gasteiger partial charge is 0.274 e. The molecule has 8 heteroatoms. The van der Waals surface area contributed by atoms with Gasteiger partial charge in [0.15, 0.2) is 0 Å². The van der Waals surface area contributed by atoms with E-state index in [9.17, 15) is 14.4 Å². The summed E-state index contributed by atoms with van der Waals surface area (Å²) < 4.78 is 0. The van der Waals surface area contributed by atoms with Crippen LogP contribution in [0.3, 0.4) is 0 Å². The van der Waals surface area contributed by atoms with E-state index in [1.165, 1.54) is 24.1 Å². The van der Waals surface area contributed by atoms with Gasteiger partial charge in [-0.2, -0.15) is 5.10 Å². The van der Waals surface area contributed by atoms with Gasteiger partial charge >= 0.3 is 0 Å². The van der Waals surface area contributed by atoms with Crippen LogP contribution in [-0.2, 0) is 4.79 Å². The number of halogens is 1. The van der Waals surface area contributed by atoms with Crippen molar-refractivity contribution in [2.75, 3.05) is 18.9 Å². The molecule has 7 nitrogen and oxygen atoms in total. The molecule has 0 aliphatic rings. The molecule has 1 aromatic heterocycles. The zero-order valence-corrected chi connectivity index (χ0v) is 12.4. The van der Waals surface area contributed by atoms with Crippen LogP contribution < -0.4 is 10.9 Å². The number of nitrogens with zero attached hydrogens (tertiary/aromatic N) is 2. The highest BCUT2D eigenvalue weighted by atomic mass is 35.5. The molecule has 1 aromatic carbocycles. The maximum Gasteiger partial charge on any atom is 0.274 e. The minimum atomic E-state index is -0.475. The van der Waals surface area contributed by atoms with Crippen molar-refractivity contribution < 1.29 is 9.59 Å². The molecule has 0 saturated heterocycles. The number of H-pyrrole nitrogens is 1. The largest absolute Gasteiger partial charge is 0.331 e. The lowest BCUT2D eigenvalue weighted by atomic mass is 10.3. The molecule has 2 N–H and O–H groups in total. The number of nitrogens with one attached hydrogen (secondary N) is 2. The number of aromatic amines is 1. The molecule has 0 unspecified atom stereocenters. The Morgan fingerprint density at radius 3 is 2.73 bits per heavy atom. The van der Waals surface area contributed by atoms with Gasteiger partial charge in [-0.15, -0.1) is 0 Å². The molecule has 0 spiro atoms. The first-order chi connectivity index (χ1) is 10.5. The Morgan fingerprint density at radius 2 is 2.09 bits per heavy atom. The summed E-state index contributed by atoms with van der Waals surface area (Å²) in [6.07, 6.45) is 0. The first-order valence-corrected chi connectivity index (χ1v) is 6.70. The quantitative estimate of drug-likeness (QED) is 0.883. The Bertz CT molecular complexity index is 739. The Kier molecular flexibility index (Phi) is 4.90. The molecule has 2 aromatic rings. The van der Waals surface area contributed by atoms with Crippen LogP contribution in [0.5, 0.6) is 0 Å². The van der Waals surface area contributed by atoms with Crippen molar-refractivity contribution in [3.63, 3.8) is 0 Å². The number of carbonyl (C=O) groups excluding carboxylic acids is 2. The van der Waals surface area contributed by atoms with E-state index in [4.69, 9.17) is 11.6 Å². The van der Waals surface area contributed by atoms with E-state index in [0.29, 0.717) is 10.7 Å². The van der Waals surface area contributed by atoms with Gasteiger partial charge in [-0.1, -0.05) is 17.7 Å². The number of rotatable bonds is 4. The summed E-state index contributed by atoms with van der Waals surface area (Å²) in [5.41, 5.74) is 0.191. The van der Waals surface area contributed by atoms with Crippen LogP contribution in [0.1, 0.15) is 10.5 Å². The Hall–Kier alpha value is -2.67. The van der Waals surface area contributed by atoms with Crippen LogP contribution in [0.15, 0.2) is 41.2 Å². The van der Waals surface area contributed by atoms with Gasteiger partial charge in [-0.25, -0.2) is 5.10 Å². The van der Waals surface area contributed by atoms with E-state index >= 15 is 0 Å². The van der Waals surface area contributed by atoms with E-state index < -0.39 is 11.5 Å². The third kappa shape index (κ3) is 4.16. The number of likely N-dealkylation sites (N-methyl/N-ethyl adjacent to an activating group) is 1. The summed E-state index contributed by atoms with van der Waals surface area (Å²) >= 11 is 5.82. The van der Waals surface area contributed by atoms with Crippen molar-refractivity contribution in [2.24, 2.45) is 0 Å². The standard InChI is InChI=1S/C14H13ClN4O3/c1-19(14(22)11-5-6-12(20)18-17-11)8-13(21)16-10-4-2-3-9(15)7-10/h2-7H,8H2,1H3,(H,16,21)(H,18,20). The monoisotopic (exact) mass is 320 g/mol. The van der Waals surface area contributed by atoms with Crippen LogP contribution in [0, 0.1) is 0 Å². The fourth-order valence-corrected chi connectivity index (χ4v) is 1.90. The highest BCUT2D eigenvalue weighted by molar-refractivity contribution is 6.30. The fraction of sp³-hybridized carbons (Fsp3) is 0.143. The van der Waals surface area contributed by atoms with E-state index in [-0.39, 0.29) is 18.1 Å². The van der Waals surface area contributed by atoms with Crippen LogP contribution >= 0.6 is 11.6 Å². The fourth-order valence-electron chi connectivity index (χ4n) is 1.71. The van der Waals surface area contributed by atoms with Crippen molar-refractivity contribution >= 4 is 29.1 Å². The molecule has 0 aliphatic heterocycles. The van der Waals surface area contributed by atoms with Crippen molar-refractivity contribution in [1.29, 1.82) is 0 Å². The number of carbonyl (C=O) groups is 2. The minimum Gasteiger partial charge on any atom is -0.331 e. The topological polar surface area (TPSA) is 95.2 Å². The summed E-state index contributed by atoms with van der Waals surface area (Å²) in [7, 11) is 1.46. The summed E-state index contributed by atoms with van der Waals surface area (Å²) in [6, 6.07) is 9.18. The number of aromatic nitrogens is 2. The molecular formula is C14H13ClN4O3. The van der Waals surface area contributed by atoms with Gasteiger partial charge in [-0.05, 0) is 24.3 Å². The predicted molar refractivity (Wildman–Crippen MR) is 81.9 cm³/mol. The van der Waals surface area contributed by atoms with Crippen LogP contribution in [0.4, 0.5) is 5.69 Å². The number of amides is 2. The lowest BCUT2D eigenvalue weighted by Crippen LogP contribution is -2.35. The Labute approximate surface area is 130 Å². The van der Waals surface area contributed by atoms with Gasteiger partial charge in [0.2, 0.25) is 5.91 Å². The second-order valence-electron chi connectivity index (χ2n) is 4.53. The van der Waals surface area contributed by atoms with E-state index in [1.54, 1.807) is 24.3 Å². The van der Waals surface area contributed by atoms with Crippen molar-refractivity contribution in [1.82, 2.24) is 15.1 Å². The van der Waals surface area contributed by atoms with Gasteiger partial charge in [0, 0.05) is 23.8 Å². The van der Waals surface area contributed by atoms with Crippen molar-refractivity contribution in [2.45, 2.75) is 0 Å². The van der Waals surface area contributed by atoms with E-state index in [2.05, 4.69) is 15.5 Å². The second kappa shape index (κ2) is 6.86. The zero-order valence-electron chi connectivity index (χ0n) is 11.7. The SMILES string of the molecule is CN(CC(=O)Nc1cccc(Cl)c1)C(=O)c1ccc(=O)[nH]n1. The van der Waals surface area contributed by atoms with Gasteiger partial charge < -0.3 is 10.2 Å².